The van der Waals surface area contributed by atoms with Gasteiger partial charge in [0.15, 0.2) is 12.6 Å². The second-order valence-electron chi connectivity index (χ2n) is 10.4. The van der Waals surface area contributed by atoms with E-state index < -0.39 is 37.0 Å². The van der Waals surface area contributed by atoms with Crippen LogP contribution in [0.3, 0.4) is 0 Å². The lowest BCUT2D eigenvalue weighted by Gasteiger charge is -2.46. The Morgan fingerprint density at radius 3 is 2.80 bits per heavy atom. The molecule has 12 nitrogen and oxygen atoms in total. The van der Waals surface area contributed by atoms with E-state index in [9.17, 15) is 19.8 Å². The van der Waals surface area contributed by atoms with E-state index in [1.165, 1.54) is 0 Å². The van der Waals surface area contributed by atoms with Crippen LogP contribution in [0, 0.1) is 0 Å². The van der Waals surface area contributed by atoms with Crippen LogP contribution in [0.25, 0.3) is 0 Å². The first kappa shape index (κ1) is 30.3. The molecule has 2 amide bonds. The van der Waals surface area contributed by atoms with Crippen LogP contribution in [0.5, 0.6) is 0 Å². The molecule has 41 heavy (non-hydrogen) atoms. The Balaban J connectivity index is 1.01. The average Bonchev–Trinajstić information content (AvgIpc) is 3.54. The van der Waals surface area contributed by atoms with E-state index in [1.54, 1.807) is 0 Å². The number of fused-ring (bicyclic) bond motifs is 2. The first-order chi connectivity index (χ1) is 19.9. The molecule has 14 heteroatoms. The third-order valence-electron chi connectivity index (χ3n) is 7.59. The molecule has 4 heterocycles. The number of thiocarbonyl (C=S) groups is 1. The van der Waals surface area contributed by atoms with Crippen LogP contribution >= 0.6 is 24.0 Å². The molecule has 4 fully saturated rings. The zero-order chi connectivity index (χ0) is 28.8. The van der Waals surface area contributed by atoms with Gasteiger partial charge >= 0.3 is 12.0 Å². The van der Waals surface area contributed by atoms with E-state index in [1.807, 2.05) is 36.0 Å². The molecule has 4 aliphatic rings. The molecule has 0 bridgehead atoms. The topological polar surface area (TPSA) is 157 Å². The minimum Gasteiger partial charge on any atom is -0.461 e. The lowest BCUT2D eigenvalue weighted by atomic mass is 9.98. The Labute approximate surface area is 247 Å². The zero-order valence-electron chi connectivity index (χ0n) is 22.4. The monoisotopic (exact) mass is 609 g/mol. The summed E-state index contributed by atoms with van der Waals surface area (Å²) in [6, 6.07) is 7.59. The van der Waals surface area contributed by atoms with Crippen molar-refractivity contribution in [3.8, 4) is 0 Å². The van der Waals surface area contributed by atoms with E-state index >= 15 is 0 Å². The van der Waals surface area contributed by atoms with Crippen molar-refractivity contribution >= 4 is 41.1 Å². The number of aliphatic hydroxyl groups is 2. The summed E-state index contributed by atoms with van der Waals surface area (Å²) in [7, 11) is 0. The van der Waals surface area contributed by atoms with Crippen molar-refractivity contribution in [3.63, 3.8) is 0 Å². The molecule has 9 atom stereocenters. The number of benzene rings is 1. The molecule has 1 aromatic carbocycles. The van der Waals surface area contributed by atoms with Crippen molar-refractivity contribution in [3.05, 3.63) is 35.4 Å². The largest absolute Gasteiger partial charge is 0.461 e. The molecule has 0 radical (unpaired) electrons. The van der Waals surface area contributed by atoms with Crippen LogP contribution < -0.4 is 10.6 Å². The highest BCUT2D eigenvalue weighted by molar-refractivity contribution is 8.00. The fourth-order valence-electron chi connectivity index (χ4n) is 5.41. The van der Waals surface area contributed by atoms with Gasteiger partial charge in [-0.1, -0.05) is 30.7 Å². The minimum atomic E-state index is -1.30. The van der Waals surface area contributed by atoms with Crippen molar-refractivity contribution in [2.45, 2.75) is 86.6 Å². The lowest BCUT2D eigenvalue weighted by molar-refractivity contribution is -0.361. The number of aliphatic imine (C=N–C) groups is 1. The Hall–Kier alpha value is -2.13. The molecular weight excluding hydrogens is 574 g/mol. The van der Waals surface area contributed by atoms with Crippen molar-refractivity contribution < 1.29 is 43.5 Å². The van der Waals surface area contributed by atoms with E-state index in [0.717, 1.165) is 36.1 Å². The number of nitrogens with one attached hydrogen (secondary N) is 2. The summed E-state index contributed by atoms with van der Waals surface area (Å²) in [6.07, 6.45) is -2.79. The van der Waals surface area contributed by atoms with Gasteiger partial charge in [0.25, 0.3) is 0 Å². The normalized spacial score (nSPS) is 34.1. The molecule has 0 spiro atoms. The summed E-state index contributed by atoms with van der Waals surface area (Å²) < 4.78 is 28.4. The molecule has 0 aliphatic carbocycles. The lowest BCUT2D eigenvalue weighted by Crippen LogP contribution is -2.62. The van der Waals surface area contributed by atoms with Crippen molar-refractivity contribution in [2.24, 2.45) is 4.99 Å². The molecule has 5 rings (SSSR count). The molecule has 4 saturated heterocycles. The maximum Gasteiger partial charge on any atom is 0.315 e. The predicted octanol–water partition coefficient (Wildman–Crippen LogP) is 1.44. The summed E-state index contributed by atoms with van der Waals surface area (Å²) in [5.41, 5.74) is 1.54. The van der Waals surface area contributed by atoms with E-state index in [4.69, 9.17) is 23.7 Å². The van der Waals surface area contributed by atoms with Gasteiger partial charge in [0.05, 0.1) is 37.0 Å². The van der Waals surface area contributed by atoms with Gasteiger partial charge in [-0.2, -0.15) is 11.8 Å². The zero-order valence-corrected chi connectivity index (χ0v) is 24.0. The molecule has 224 valence electrons. The van der Waals surface area contributed by atoms with Gasteiger partial charge in [-0.15, -0.1) is 0 Å². The first-order valence-corrected chi connectivity index (χ1v) is 15.3. The highest BCUT2D eigenvalue weighted by atomic mass is 32.2. The van der Waals surface area contributed by atoms with Gasteiger partial charge in [-0.25, -0.2) is 9.79 Å². The van der Waals surface area contributed by atoms with Gasteiger partial charge in [0.2, 0.25) is 0 Å². The quantitative estimate of drug-likeness (QED) is 0.0894. The number of nitrogens with zero attached hydrogens (tertiary/aromatic N) is 1. The third-order valence-corrected chi connectivity index (χ3v) is 9.23. The van der Waals surface area contributed by atoms with E-state index in [-0.39, 0.29) is 50.4 Å². The molecular formula is C27H35N3O9S2. The number of hydrogen-bond acceptors (Lipinski definition) is 12. The Morgan fingerprint density at radius 1 is 1.17 bits per heavy atom. The standard InChI is InChI=1S/C27H35N3O9S2/c31-20(4-2-1-3-19-21-17(13-41-19)29-27(34)30-21)36-11-15-5-7-16(8-6-15)25-37-12-18-24(39-25)22(32)23(33)26(38-18)35-10-9-28-14-40/h5-8,17-19,21-26,32-33H,1-4,9-13H2,(H2,29,30,34)/t17-,18+,19-,21-,22+,23+,24?,25?,26+/m0/s1. The minimum absolute atomic E-state index is 0.0860. The number of esters is 1. The van der Waals surface area contributed by atoms with Crippen LogP contribution in [0.2, 0.25) is 0 Å². The molecule has 4 N–H and O–H groups in total. The number of urea groups is 1. The van der Waals surface area contributed by atoms with Crippen molar-refractivity contribution in [1.82, 2.24) is 10.6 Å². The number of unbranched alkanes of at least 4 members (excludes halogenated alkanes) is 1. The summed E-state index contributed by atoms with van der Waals surface area (Å²) in [5.74, 6) is 0.682. The Morgan fingerprint density at radius 2 is 2.00 bits per heavy atom. The predicted molar refractivity (Wildman–Crippen MR) is 150 cm³/mol. The van der Waals surface area contributed by atoms with Gasteiger partial charge in [-0.05, 0) is 30.6 Å². The van der Waals surface area contributed by atoms with Crippen molar-refractivity contribution in [1.29, 1.82) is 0 Å². The number of isothiocyanates is 1. The summed E-state index contributed by atoms with van der Waals surface area (Å²) >= 11 is 6.38. The van der Waals surface area contributed by atoms with Crippen molar-refractivity contribution in [2.75, 3.05) is 25.5 Å². The molecule has 2 unspecified atom stereocenters. The fourth-order valence-corrected chi connectivity index (χ4v) is 7.04. The number of hydrogen-bond donors (Lipinski definition) is 4. The molecule has 0 aromatic heterocycles. The summed E-state index contributed by atoms with van der Waals surface area (Å²) in [5, 5.41) is 29.6. The number of amides is 2. The van der Waals surface area contributed by atoms with Crippen LogP contribution in [0.1, 0.15) is 43.1 Å². The van der Waals surface area contributed by atoms with Gasteiger partial charge in [-0.3, -0.25) is 4.79 Å². The maximum atomic E-state index is 12.2. The highest BCUT2D eigenvalue weighted by Crippen LogP contribution is 2.35. The van der Waals surface area contributed by atoms with Gasteiger partial charge < -0.3 is 44.5 Å². The highest BCUT2D eigenvalue weighted by Gasteiger charge is 2.49. The Kier molecular flexibility index (Phi) is 10.6. The van der Waals surface area contributed by atoms with E-state index in [0.29, 0.717) is 11.7 Å². The smallest absolute Gasteiger partial charge is 0.315 e. The third kappa shape index (κ3) is 7.64. The van der Waals surface area contributed by atoms with Gasteiger partial charge in [0.1, 0.15) is 31.0 Å². The number of aliphatic hydroxyl groups excluding tert-OH is 2. The Bertz CT molecular complexity index is 1100. The summed E-state index contributed by atoms with van der Waals surface area (Å²) in [6.45, 7) is 0.725. The number of thioether (sulfide) groups is 1. The van der Waals surface area contributed by atoms with Crippen LogP contribution in [-0.4, -0.2) is 101 Å². The summed E-state index contributed by atoms with van der Waals surface area (Å²) in [4.78, 5) is 27.5. The first-order valence-electron chi connectivity index (χ1n) is 13.8. The van der Waals surface area contributed by atoms with Gasteiger partial charge in [0, 0.05) is 23.0 Å². The number of carbonyl (C=O) groups is 2. The van der Waals surface area contributed by atoms with Crippen LogP contribution in [-0.2, 0) is 35.1 Å². The number of rotatable bonds is 12. The number of ether oxygens (including phenoxy) is 5. The second kappa shape index (κ2) is 14.4. The van der Waals surface area contributed by atoms with Crippen LogP contribution in [0.4, 0.5) is 4.79 Å². The molecule has 0 saturated carbocycles. The number of carbonyl (C=O) groups excluding carboxylic acids is 2. The van der Waals surface area contributed by atoms with Crippen LogP contribution in [0.15, 0.2) is 29.3 Å². The fraction of sp³-hybridized carbons (Fsp3) is 0.667. The SMILES string of the molecule is O=C1N[C@H]2[C@H](CS[C@H]2CCCCC(=O)OCc2ccc(C3OC[C@H]4O[C@@H](OCCN=C=S)[C@H](O)[C@@H](O)C4O3)cc2)N1. The maximum absolute atomic E-state index is 12.2. The molecule has 4 aliphatic heterocycles. The molecule has 1 aromatic rings. The second-order valence-corrected chi connectivity index (χ2v) is 11.9. The van der Waals surface area contributed by atoms with E-state index in [2.05, 4.69) is 33.0 Å². The average molecular weight is 610 g/mol.